The molecule has 0 aromatic rings. The van der Waals surface area contributed by atoms with Crippen molar-refractivity contribution in [3.8, 4) is 6.07 Å². The van der Waals surface area contributed by atoms with Crippen LogP contribution in [0.25, 0.3) is 0 Å². The summed E-state index contributed by atoms with van der Waals surface area (Å²) in [6.45, 7) is 0. The SMILES string of the molecule is N#C/C(=C\O)C(=O)F. The van der Waals surface area contributed by atoms with E-state index in [0.717, 1.165) is 6.07 Å². The van der Waals surface area contributed by atoms with E-state index >= 15 is 0 Å². The van der Waals surface area contributed by atoms with Crippen molar-refractivity contribution < 1.29 is 14.3 Å². The van der Waals surface area contributed by atoms with Crippen LogP contribution in [0.5, 0.6) is 0 Å². The third-order valence-electron chi connectivity index (χ3n) is 0.461. The number of halogens is 1. The van der Waals surface area contributed by atoms with Gasteiger partial charge in [0.2, 0.25) is 0 Å². The molecule has 0 fully saturated rings. The van der Waals surface area contributed by atoms with Crippen LogP contribution in [0.4, 0.5) is 4.39 Å². The first kappa shape index (κ1) is 6.63. The Morgan fingerprint density at radius 3 is 2.38 bits per heavy atom. The maximum absolute atomic E-state index is 11.3. The average molecular weight is 115 g/mol. The van der Waals surface area contributed by atoms with Gasteiger partial charge < -0.3 is 5.11 Å². The van der Waals surface area contributed by atoms with Gasteiger partial charge in [0.05, 0.1) is 0 Å². The van der Waals surface area contributed by atoms with Crippen molar-refractivity contribution in [1.29, 1.82) is 5.26 Å². The minimum Gasteiger partial charge on any atom is -0.514 e. The molecule has 1 N–H and O–H groups in total. The summed E-state index contributed by atoms with van der Waals surface area (Å²) in [7, 11) is 0. The number of aliphatic hydroxyl groups is 1. The Balaban J connectivity index is 4.20. The summed E-state index contributed by atoms with van der Waals surface area (Å²) in [5.41, 5.74) is -0.884. The molecular formula is C4H2FNO2. The highest BCUT2D eigenvalue weighted by atomic mass is 19.1. The van der Waals surface area contributed by atoms with Gasteiger partial charge in [-0.3, -0.25) is 4.79 Å². The van der Waals surface area contributed by atoms with Crippen LogP contribution >= 0.6 is 0 Å². The second-order valence-corrected chi connectivity index (χ2v) is 0.928. The first-order valence-corrected chi connectivity index (χ1v) is 1.66. The zero-order valence-electron chi connectivity index (χ0n) is 3.76. The molecule has 0 saturated carbocycles. The first-order chi connectivity index (χ1) is 3.72. The second-order valence-electron chi connectivity index (χ2n) is 0.928. The quantitative estimate of drug-likeness (QED) is 0.233. The van der Waals surface area contributed by atoms with Crippen LogP contribution in [0, 0.1) is 11.3 Å². The first-order valence-electron chi connectivity index (χ1n) is 1.66. The number of nitrogens with zero attached hydrogens (tertiary/aromatic N) is 1. The van der Waals surface area contributed by atoms with Crippen molar-refractivity contribution in [1.82, 2.24) is 0 Å². The molecule has 0 amide bonds. The molecule has 0 heterocycles. The van der Waals surface area contributed by atoms with Gasteiger partial charge >= 0.3 is 6.04 Å². The lowest BCUT2D eigenvalue weighted by Gasteiger charge is -1.77. The zero-order chi connectivity index (χ0) is 6.57. The van der Waals surface area contributed by atoms with E-state index in [2.05, 4.69) is 0 Å². The fourth-order valence-corrected chi connectivity index (χ4v) is 0.124. The lowest BCUT2D eigenvalue weighted by molar-refractivity contribution is -0.124. The predicted molar refractivity (Wildman–Crippen MR) is 22.4 cm³/mol. The molecule has 8 heavy (non-hydrogen) atoms. The Morgan fingerprint density at radius 1 is 1.88 bits per heavy atom. The molecule has 0 saturated heterocycles. The van der Waals surface area contributed by atoms with Crippen LogP contribution in [0.3, 0.4) is 0 Å². The number of hydrogen-bond donors (Lipinski definition) is 1. The van der Waals surface area contributed by atoms with E-state index < -0.39 is 11.6 Å². The van der Waals surface area contributed by atoms with E-state index in [0.29, 0.717) is 0 Å². The molecule has 0 aromatic carbocycles. The minimum atomic E-state index is -1.92. The maximum atomic E-state index is 11.3. The second kappa shape index (κ2) is 2.75. The number of allylic oxidation sites excluding steroid dienone is 1. The predicted octanol–water partition coefficient (Wildman–Crippen LogP) is 0.448. The van der Waals surface area contributed by atoms with Gasteiger partial charge in [-0.15, -0.1) is 0 Å². The third kappa shape index (κ3) is 1.39. The van der Waals surface area contributed by atoms with E-state index in [4.69, 9.17) is 10.4 Å². The molecule has 0 aromatic heterocycles. The monoisotopic (exact) mass is 115 g/mol. The molecule has 0 radical (unpaired) electrons. The van der Waals surface area contributed by atoms with Gasteiger partial charge in [0.1, 0.15) is 12.3 Å². The van der Waals surface area contributed by atoms with Crippen LogP contribution in [-0.4, -0.2) is 11.1 Å². The van der Waals surface area contributed by atoms with Crippen molar-refractivity contribution in [2.75, 3.05) is 0 Å². The Morgan fingerprint density at radius 2 is 2.38 bits per heavy atom. The summed E-state index contributed by atoms with van der Waals surface area (Å²) in [5.74, 6) is 0. The topological polar surface area (TPSA) is 61.1 Å². The molecule has 4 heteroatoms. The summed E-state index contributed by atoms with van der Waals surface area (Å²) in [6, 6.07) is -0.784. The Kier molecular flexibility index (Phi) is 2.28. The lowest BCUT2D eigenvalue weighted by atomic mass is 10.4. The van der Waals surface area contributed by atoms with Crippen molar-refractivity contribution in [2.24, 2.45) is 0 Å². The average Bonchev–Trinajstić information content (AvgIpc) is 1.69. The molecule has 0 aliphatic carbocycles. The van der Waals surface area contributed by atoms with Crippen LogP contribution in [-0.2, 0) is 4.79 Å². The lowest BCUT2D eigenvalue weighted by Crippen LogP contribution is -1.89. The minimum absolute atomic E-state index is 0.127. The van der Waals surface area contributed by atoms with E-state index in [-0.39, 0.29) is 6.26 Å². The van der Waals surface area contributed by atoms with Crippen LogP contribution in [0.15, 0.2) is 11.8 Å². The maximum Gasteiger partial charge on any atom is 0.345 e. The van der Waals surface area contributed by atoms with Gasteiger partial charge in [-0.25, -0.2) is 0 Å². The van der Waals surface area contributed by atoms with Crippen molar-refractivity contribution in [3.63, 3.8) is 0 Å². The molecule has 3 nitrogen and oxygen atoms in total. The fraction of sp³-hybridized carbons (Fsp3) is 0. The molecule has 42 valence electrons. The Labute approximate surface area is 44.7 Å². The Bertz CT molecular complexity index is 167. The van der Waals surface area contributed by atoms with Gasteiger partial charge in [0, 0.05) is 0 Å². The van der Waals surface area contributed by atoms with Crippen molar-refractivity contribution in [3.05, 3.63) is 11.8 Å². The van der Waals surface area contributed by atoms with Crippen molar-refractivity contribution >= 4 is 6.04 Å². The van der Waals surface area contributed by atoms with Crippen LogP contribution in [0.2, 0.25) is 0 Å². The standard InChI is InChI=1S/C4H2FNO2/c5-4(8)3(1-6)2-7/h2,7H/b3-2+. The number of hydrogen-bond acceptors (Lipinski definition) is 3. The van der Waals surface area contributed by atoms with E-state index in [1.165, 1.54) is 0 Å². The number of nitriles is 1. The largest absolute Gasteiger partial charge is 0.514 e. The Hall–Kier alpha value is -1.37. The van der Waals surface area contributed by atoms with Gasteiger partial charge in [0.15, 0.2) is 5.57 Å². The summed E-state index contributed by atoms with van der Waals surface area (Å²) in [4.78, 5) is 9.49. The zero-order valence-corrected chi connectivity index (χ0v) is 3.76. The molecule has 0 atom stereocenters. The number of carbonyl (C=O) groups is 1. The van der Waals surface area contributed by atoms with Gasteiger partial charge in [-0.05, 0) is 0 Å². The smallest absolute Gasteiger partial charge is 0.345 e. The molecule has 0 bridgehead atoms. The van der Waals surface area contributed by atoms with Crippen LogP contribution < -0.4 is 0 Å². The number of carbonyl (C=O) groups excluding carboxylic acids is 1. The van der Waals surface area contributed by atoms with Gasteiger partial charge in [0.25, 0.3) is 0 Å². The van der Waals surface area contributed by atoms with Crippen molar-refractivity contribution in [2.45, 2.75) is 0 Å². The fourth-order valence-electron chi connectivity index (χ4n) is 0.124. The summed E-state index contributed by atoms with van der Waals surface area (Å²) >= 11 is 0. The molecular weight excluding hydrogens is 113 g/mol. The summed E-state index contributed by atoms with van der Waals surface area (Å²) < 4.78 is 11.3. The molecule has 0 rings (SSSR count). The highest BCUT2D eigenvalue weighted by Gasteiger charge is 2.04. The van der Waals surface area contributed by atoms with Gasteiger partial charge in [-0.2, -0.15) is 9.65 Å². The molecule has 0 aliphatic heterocycles. The van der Waals surface area contributed by atoms with E-state index in [1.807, 2.05) is 0 Å². The number of aliphatic hydroxyl groups excluding tert-OH is 1. The van der Waals surface area contributed by atoms with E-state index in [1.54, 1.807) is 0 Å². The highest BCUT2D eigenvalue weighted by Crippen LogP contribution is 1.91. The van der Waals surface area contributed by atoms with E-state index in [9.17, 15) is 9.18 Å². The molecule has 0 spiro atoms. The highest BCUT2D eigenvalue weighted by molar-refractivity contribution is 5.91. The third-order valence-corrected chi connectivity index (χ3v) is 0.461. The molecule has 0 unspecified atom stereocenters. The summed E-state index contributed by atoms with van der Waals surface area (Å²) in [5, 5.41) is 15.6. The normalized spacial score (nSPS) is 10.2. The summed E-state index contributed by atoms with van der Waals surface area (Å²) in [6.07, 6.45) is 0.127. The van der Waals surface area contributed by atoms with Gasteiger partial charge in [-0.1, -0.05) is 0 Å². The number of rotatable bonds is 1. The molecule has 0 aliphatic rings. The van der Waals surface area contributed by atoms with Crippen LogP contribution in [0.1, 0.15) is 0 Å².